The minimum Gasteiger partial charge on any atom is -0.486 e. The molecule has 0 spiro atoms. The molecule has 0 aliphatic carbocycles. The Balaban J connectivity index is 1.34. The van der Waals surface area contributed by atoms with E-state index in [1.807, 2.05) is 37.3 Å². The van der Waals surface area contributed by atoms with Crippen molar-refractivity contribution in [3.05, 3.63) is 99.7 Å². The first-order valence-electron chi connectivity index (χ1n) is 9.53. The SMILES string of the molecule is Cc1cc(OCc2ccc(C(=O)Nc3cnn(Cc4ccccc4Cl)c3)o2)ccc1Cl. The number of aromatic nitrogens is 2. The highest BCUT2D eigenvalue weighted by Crippen LogP contribution is 2.22. The summed E-state index contributed by atoms with van der Waals surface area (Å²) >= 11 is 12.2. The molecule has 31 heavy (non-hydrogen) atoms. The zero-order valence-corrected chi connectivity index (χ0v) is 18.2. The van der Waals surface area contributed by atoms with Gasteiger partial charge in [0.1, 0.15) is 18.1 Å². The van der Waals surface area contributed by atoms with Gasteiger partial charge < -0.3 is 14.5 Å². The van der Waals surface area contributed by atoms with Gasteiger partial charge in [0.15, 0.2) is 5.76 Å². The van der Waals surface area contributed by atoms with Crippen LogP contribution in [0.1, 0.15) is 27.4 Å². The number of rotatable bonds is 7. The van der Waals surface area contributed by atoms with E-state index >= 15 is 0 Å². The summed E-state index contributed by atoms with van der Waals surface area (Å²) in [6.45, 7) is 2.60. The maximum Gasteiger partial charge on any atom is 0.291 e. The first kappa shape index (κ1) is 21.0. The molecule has 2 heterocycles. The van der Waals surface area contributed by atoms with Crippen LogP contribution in [-0.4, -0.2) is 15.7 Å². The van der Waals surface area contributed by atoms with Gasteiger partial charge in [-0.3, -0.25) is 9.48 Å². The second kappa shape index (κ2) is 9.29. The molecule has 2 aromatic heterocycles. The van der Waals surface area contributed by atoms with Gasteiger partial charge in [-0.05, 0) is 54.4 Å². The number of nitrogens with zero attached hydrogens (tertiary/aromatic N) is 2. The average Bonchev–Trinajstić information content (AvgIpc) is 3.40. The Morgan fingerprint density at radius 2 is 1.97 bits per heavy atom. The van der Waals surface area contributed by atoms with E-state index in [0.29, 0.717) is 33.8 Å². The van der Waals surface area contributed by atoms with Crippen LogP contribution in [0.15, 0.2) is 71.4 Å². The lowest BCUT2D eigenvalue weighted by molar-refractivity contribution is 0.0992. The van der Waals surface area contributed by atoms with E-state index in [1.54, 1.807) is 41.3 Å². The molecule has 0 atom stereocenters. The number of halogens is 2. The fourth-order valence-corrected chi connectivity index (χ4v) is 3.26. The van der Waals surface area contributed by atoms with Crippen molar-refractivity contribution in [2.45, 2.75) is 20.1 Å². The molecular formula is C23H19Cl2N3O3. The summed E-state index contributed by atoms with van der Waals surface area (Å²) in [6, 6.07) is 16.3. The van der Waals surface area contributed by atoms with Crippen molar-refractivity contribution in [3.63, 3.8) is 0 Å². The zero-order valence-electron chi connectivity index (χ0n) is 16.6. The molecule has 4 rings (SSSR count). The van der Waals surface area contributed by atoms with Crippen LogP contribution in [0.4, 0.5) is 5.69 Å². The van der Waals surface area contributed by atoms with Gasteiger partial charge in [0.2, 0.25) is 0 Å². The third-order valence-electron chi connectivity index (χ3n) is 4.58. The quantitative estimate of drug-likeness (QED) is 0.372. The second-order valence-corrected chi connectivity index (χ2v) is 7.75. The average molecular weight is 456 g/mol. The van der Waals surface area contributed by atoms with Crippen LogP contribution in [0.25, 0.3) is 0 Å². The fraction of sp³-hybridized carbons (Fsp3) is 0.130. The number of ether oxygens (including phenoxy) is 1. The maximum absolute atomic E-state index is 12.5. The summed E-state index contributed by atoms with van der Waals surface area (Å²) in [6.07, 6.45) is 3.31. The number of hydrogen-bond donors (Lipinski definition) is 1. The Bertz CT molecular complexity index is 1220. The number of benzene rings is 2. The second-order valence-electron chi connectivity index (χ2n) is 6.94. The molecular weight excluding hydrogens is 437 g/mol. The van der Waals surface area contributed by atoms with Crippen molar-refractivity contribution >= 4 is 34.8 Å². The third-order valence-corrected chi connectivity index (χ3v) is 5.37. The Kier molecular flexibility index (Phi) is 6.30. The molecule has 1 N–H and O–H groups in total. The molecule has 0 radical (unpaired) electrons. The molecule has 4 aromatic rings. The summed E-state index contributed by atoms with van der Waals surface area (Å²) < 4.78 is 13.0. The van der Waals surface area contributed by atoms with E-state index in [-0.39, 0.29) is 18.3 Å². The highest BCUT2D eigenvalue weighted by molar-refractivity contribution is 6.31. The van der Waals surface area contributed by atoms with E-state index in [0.717, 1.165) is 11.1 Å². The molecule has 6 nitrogen and oxygen atoms in total. The standard InChI is InChI=1S/C23H19Cl2N3O3/c1-15-10-18(6-8-20(15)24)30-14-19-7-9-22(31-19)23(29)27-17-11-26-28(13-17)12-16-4-2-3-5-21(16)25/h2-11,13H,12,14H2,1H3,(H,27,29). The van der Waals surface area contributed by atoms with Crippen LogP contribution in [-0.2, 0) is 13.2 Å². The highest BCUT2D eigenvalue weighted by Gasteiger charge is 2.13. The van der Waals surface area contributed by atoms with Crippen molar-refractivity contribution < 1.29 is 13.9 Å². The molecule has 0 saturated carbocycles. The van der Waals surface area contributed by atoms with Gasteiger partial charge in [-0.15, -0.1) is 0 Å². The Morgan fingerprint density at radius 1 is 1.13 bits per heavy atom. The number of carbonyl (C=O) groups excluding carboxylic acids is 1. The topological polar surface area (TPSA) is 69.3 Å². The Hall–Kier alpha value is -3.22. The van der Waals surface area contributed by atoms with Gasteiger partial charge in [-0.2, -0.15) is 5.10 Å². The number of aryl methyl sites for hydroxylation is 1. The first-order valence-corrected chi connectivity index (χ1v) is 10.3. The molecule has 1 amide bonds. The fourth-order valence-electron chi connectivity index (χ4n) is 2.95. The van der Waals surface area contributed by atoms with Crippen molar-refractivity contribution in [2.75, 3.05) is 5.32 Å². The number of carbonyl (C=O) groups is 1. The molecule has 0 fully saturated rings. The predicted octanol–water partition coefficient (Wildman–Crippen LogP) is 5.97. The minimum atomic E-state index is -0.370. The number of furan rings is 1. The number of anilines is 1. The lowest BCUT2D eigenvalue weighted by Gasteiger charge is -2.06. The van der Waals surface area contributed by atoms with Crippen LogP contribution in [0.2, 0.25) is 10.0 Å². The van der Waals surface area contributed by atoms with E-state index in [4.69, 9.17) is 32.4 Å². The molecule has 2 aromatic carbocycles. The van der Waals surface area contributed by atoms with Gasteiger partial charge in [-0.25, -0.2) is 0 Å². The van der Waals surface area contributed by atoms with Gasteiger partial charge in [-0.1, -0.05) is 41.4 Å². The predicted molar refractivity (Wildman–Crippen MR) is 120 cm³/mol. The lowest BCUT2D eigenvalue weighted by atomic mass is 10.2. The van der Waals surface area contributed by atoms with Crippen molar-refractivity contribution in [2.24, 2.45) is 0 Å². The van der Waals surface area contributed by atoms with Gasteiger partial charge in [0.05, 0.1) is 18.4 Å². The molecule has 0 aliphatic rings. The van der Waals surface area contributed by atoms with Gasteiger partial charge in [0.25, 0.3) is 5.91 Å². The maximum atomic E-state index is 12.5. The summed E-state index contributed by atoms with van der Waals surface area (Å²) in [5, 5.41) is 8.39. The van der Waals surface area contributed by atoms with E-state index < -0.39 is 0 Å². The number of hydrogen-bond acceptors (Lipinski definition) is 4. The molecule has 0 unspecified atom stereocenters. The summed E-state index contributed by atoms with van der Waals surface area (Å²) in [5.74, 6) is 1.03. The zero-order chi connectivity index (χ0) is 21.8. The molecule has 8 heteroatoms. The van der Waals surface area contributed by atoms with Crippen molar-refractivity contribution in [1.82, 2.24) is 9.78 Å². The van der Waals surface area contributed by atoms with Crippen LogP contribution in [0.3, 0.4) is 0 Å². The smallest absolute Gasteiger partial charge is 0.291 e. The Morgan fingerprint density at radius 3 is 2.77 bits per heavy atom. The van der Waals surface area contributed by atoms with Gasteiger partial charge in [0, 0.05) is 16.2 Å². The normalized spacial score (nSPS) is 10.8. The molecule has 0 saturated heterocycles. The lowest BCUT2D eigenvalue weighted by Crippen LogP contribution is -2.10. The first-order chi connectivity index (χ1) is 15.0. The minimum absolute atomic E-state index is 0.185. The van der Waals surface area contributed by atoms with Crippen LogP contribution >= 0.6 is 23.2 Å². The number of nitrogens with one attached hydrogen (secondary N) is 1. The molecule has 0 bridgehead atoms. The van der Waals surface area contributed by atoms with Crippen LogP contribution < -0.4 is 10.1 Å². The van der Waals surface area contributed by atoms with E-state index in [9.17, 15) is 4.79 Å². The van der Waals surface area contributed by atoms with Crippen molar-refractivity contribution in [1.29, 1.82) is 0 Å². The third kappa shape index (κ3) is 5.29. The highest BCUT2D eigenvalue weighted by atomic mass is 35.5. The molecule has 0 aliphatic heterocycles. The van der Waals surface area contributed by atoms with E-state index in [1.165, 1.54) is 0 Å². The molecule has 158 valence electrons. The monoisotopic (exact) mass is 455 g/mol. The summed E-state index contributed by atoms with van der Waals surface area (Å²) in [4.78, 5) is 12.5. The summed E-state index contributed by atoms with van der Waals surface area (Å²) in [7, 11) is 0. The largest absolute Gasteiger partial charge is 0.486 e. The van der Waals surface area contributed by atoms with Crippen LogP contribution in [0, 0.1) is 6.92 Å². The summed E-state index contributed by atoms with van der Waals surface area (Å²) in [5.41, 5.74) is 2.42. The number of amides is 1. The van der Waals surface area contributed by atoms with Gasteiger partial charge >= 0.3 is 0 Å². The Labute approximate surface area is 189 Å². The van der Waals surface area contributed by atoms with E-state index in [2.05, 4.69) is 10.4 Å². The van der Waals surface area contributed by atoms with Crippen LogP contribution in [0.5, 0.6) is 5.75 Å². The van der Waals surface area contributed by atoms with Crippen molar-refractivity contribution in [3.8, 4) is 5.75 Å².